The van der Waals surface area contributed by atoms with Gasteiger partial charge in [-0.3, -0.25) is 0 Å². The number of sulfonamides is 1. The zero-order chi connectivity index (χ0) is 13.3. The minimum Gasteiger partial charge on any atom is -0.326 e. The van der Waals surface area contributed by atoms with Crippen LogP contribution in [0, 0.1) is 11.8 Å². The third kappa shape index (κ3) is 3.03. The Balaban J connectivity index is 2.13. The Morgan fingerprint density at radius 1 is 1.50 bits per heavy atom. The van der Waals surface area contributed by atoms with E-state index >= 15 is 0 Å². The van der Waals surface area contributed by atoms with Crippen LogP contribution in [0.1, 0.15) is 18.9 Å². The van der Waals surface area contributed by atoms with Crippen molar-refractivity contribution < 1.29 is 8.42 Å². The summed E-state index contributed by atoms with van der Waals surface area (Å²) in [5.74, 6) is 1.10. The van der Waals surface area contributed by atoms with Crippen LogP contribution in [0.4, 0.5) is 0 Å². The maximum atomic E-state index is 12.1. The van der Waals surface area contributed by atoms with Gasteiger partial charge in [-0.25, -0.2) is 13.1 Å². The molecule has 3 N–H and O–H groups in total. The van der Waals surface area contributed by atoms with E-state index in [-0.39, 0.29) is 11.4 Å². The fourth-order valence-electron chi connectivity index (χ4n) is 1.86. The highest BCUT2D eigenvalue weighted by Gasteiger charge is 2.33. The molecule has 1 aliphatic rings. The Hall–Kier alpha value is -0.620. The predicted molar refractivity (Wildman–Crippen MR) is 71.8 cm³/mol. The highest BCUT2D eigenvalue weighted by atomic mass is 35.5. The Kier molecular flexibility index (Phi) is 3.96. The Bertz CT molecular complexity index is 545. The first kappa shape index (κ1) is 13.8. The highest BCUT2D eigenvalue weighted by Crippen LogP contribution is 2.37. The number of hydrogen-bond donors (Lipinski definition) is 2. The summed E-state index contributed by atoms with van der Waals surface area (Å²) in [4.78, 5) is 0.223. The first-order chi connectivity index (χ1) is 8.44. The third-order valence-electron chi connectivity index (χ3n) is 3.36. The molecule has 0 spiro atoms. The smallest absolute Gasteiger partial charge is 0.240 e. The molecular weight excluding hydrogens is 272 g/mol. The Morgan fingerprint density at radius 2 is 2.17 bits per heavy atom. The lowest BCUT2D eigenvalue weighted by molar-refractivity contribution is 0.574. The number of nitrogens with two attached hydrogens (primary N) is 1. The second-order valence-electron chi connectivity index (χ2n) is 4.78. The second-order valence-corrected chi connectivity index (χ2v) is 6.96. The molecule has 18 heavy (non-hydrogen) atoms. The van der Waals surface area contributed by atoms with Gasteiger partial charge in [0, 0.05) is 18.1 Å². The number of halogens is 1. The second kappa shape index (κ2) is 5.17. The average Bonchev–Trinajstić information content (AvgIpc) is 3.03. The highest BCUT2D eigenvalue weighted by molar-refractivity contribution is 7.89. The molecule has 1 fully saturated rings. The van der Waals surface area contributed by atoms with Crippen LogP contribution in [-0.4, -0.2) is 15.0 Å². The molecule has 0 heterocycles. The van der Waals surface area contributed by atoms with Crippen LogP contribution >= 0.6 is 11.6 Å². The maximum Gasteiger partial charge on any atom is 0.240 e. The molecule has 2 atom stereocenters. The average molecular weight is 289 g/mol. The molecule has 0 aliphatic heterocycles. The zero-order valence-corrected chi connectivity index (χ0v) is 11.8. The summed E-state index contributed by atoms with van der Waals surface area (Å²) < 4.78 is 26.7. The van der Waals surface area contributed by atoms with Crippen molar-refractivity contribution in [3.8, 4) is 0 Å². The van der Waals surface area contributed by atoms with E-state index in [1.54, 1.807) is 6.07 Å². The number of hydrogen-bond acceptors (Lipinski definition) is 3. The summed E-state index contributed by atoms with van der Waals surface area (Å²) in [5.41, 5.74) is 6.15. The molecule has 4 nitrogen and oxygen atoms in total. The van der Waals surface area contributed by atoms with E-state index in [9.17, 15) is 8.42 Å². The molecular formula is C12H17ClN2O2S. The molecule has 1 aromatic carbocycles. The summed E-state index contributed by atoms with van der Waals surface area (Å²) in [5, 5.41) is 0.493. The lowest BCUT2D eigenvalue weighted by atomic mass is 10.2. The molecule has 1 saturated carbocycles. The van der Waals surface area contributed by atoms with Crippen LogP contribution < -0.4 is 10.5 Å². The van der Waals surface area contributed by atoms with Gasteiger partial charge < -0.3 is 5.73 Å². The third-order valence-corrected chi connectivity index (χ3v) is 5.15. The van der Waals surface area contributed by atoms with Crippen molar-refractivity contribution in [3.05, 3.63) is 28.8 Å². The Morgan fingerprint density at radius 3 is 2.72 bits per heavy atom. The van der Waals surface area contributed by atoms with Gasteiger partial charge >= 0.3 is 0 Å². The summed E-state index contributed by atoms with van der Waals surface area (Å²) in [7, 11) is -3.45. The quantitative estimate of drug-likeness (QED) is 0.867. The molecule has 2 rings (SSSR count). The van der Waals surface area contributed by atoms with Gasteiger partial charge in [-0.2, -0.15) is 0 Å². The minimum absolute atomic E-state index is 0.223. The topological polar surface area (TPSA) is 72.2 Å². The standard InChI is InChI=1S/C12H17ClN2O2S/c1-8-4-10(8)7-15-18(16,17)11-2-3-12(13)9(5-11)6-14/h2-3,5,8,10,15H,4,6-7,14H2,1H3. The summed E-state index contributed by atoms with van der Waals surface area (Å²) in [6.45, 7) is 2.85. The lowest BCUT2D eigenvalue weighted by Gasteiger charge is -2.08. The van der Waals surface area contributed by atoms with Crippen molar-refractivity contribution >= 4 is 21.6 Å². The van der Waals surface area contributed by atoms with Crippen LogP contribution in [0.5, 0.6) is 0 Å². The van der Waals surface area contributed by atoms with E-state index in [1.807, 2.05) is 0 Å². The number of benzene rings is 1. The van der Waals surface area contributed by atoms with Gasteiger partial charge in [0.15, 0.2) is 0 Å². The van der Waals surface area contributed by atoms with Crippen molar-refractivity contribution in [2.45, 2.75) is 24.8 Å². The van der Waals surface area contributed by atoms with Gasteiger partial charge in [0.1, 0.15) is 0 Å². The van der Waals surface area contributed by atoms with Crippen molar-refractivity contribution in [1.82, 2.24) is 4.72 Å². The fraction of sp³-hybridized carbons (Fsp3) is 0.500. The molecule has 1 aliphatic carbocycles. The zero-order valence-electron chi connectivity index (χ0n) is 10.2. The molecule has 0 radical (unpaired) electrons. The van der Waals surface area contributed by atoms with Crippen molar-refractivity contribution in [1.29, 1.82) is 0 Å². The minimum atomic E-state index is -3.45. The van der Waals surface area contributed by atoms with E-state index < -0.39 is 10.0 Å². The molecule has 2 unspecified atom stereocenters. The predicted octanol–water partition coefficient (Wildman–Crippen LogP) is 1.73. The van der Waals surface area contributed by atoms with Gasteiger partial charge in [-0.15, -0.1) is 0 Å². The molecule has 6 heteroatoms. The monoisotopic (exact) mass is 288 g/mol. The van der Waals surface area contributed by atoms with Gasteiger partial charge in [0.2, 0.25) is 10.0 Å². The molecule has 0 saturated heterocycles. The van der Waals surface area contributed by atoms with Gasteiger partial charge in [-0.1, -0.05) is 18.5 Å². The van der Waals surface area contributed by atoms with E-state index in [0.717, 1.165) is 6.42 Å². The lowest BCUT2D eigenvalue weighted by Crippen LogP contribution is -2.26. The van der Waals surface area contributed by atoms with Crippen LogP contribution in [0.2, 0.25) is 5.02 Å². The van der Waals surface area contributed by atoms with Crippen LogP contribution in [0.25, 0.3) is 0 Å². The van der Waals surface area contributed by atoms with Crippen LogP contribution in [0.15, 0.2) is 23.1 Å². The van der Waals surface area contributed by atoms with Gasteiger partial charge in [-0.05, 0) is 42.0 Å². The molecule has 0 aromatic heterocycles. The van der Waals surface area contributed by atoms with Gasteiger partial charge in [0.05, 0.1) is 4.90 Å². The molecule has 0 bridgehead atoms. The first-order valence-electron chi connectivity index (χ1n) is 5.92. The van der Waals surface area contributed by atoms with Crippen LogP contribution in [-0.2, 0) is 16.6 Å². The van der Waals surface area contributed by atoms with Crippen LogP contribution in [0.3, 0.4) is 0 Å². The van der Waals surface area contributed by atoms with E-state index in [4.69, 9.17) is 17.3 Å². The molecule has 1 aromatic rings. The normalized spacial score (nSPS) is 23.1. The number of nitrogens with one attached hydrogen (secondary N) is 1. The fourth-order valence-corrected chi connectivity index (χ4v) is 3.20. The maximum absolute atomic E-state index is 12.1. The summed E-state index contributed by atoms with van der Waals surface area (Å²) >= 11 is 5.91. The van der Waals surface area contributed by atoms with Crippen molar-refractivity contribution in [2.75, 3.05) is 6.54 Å². The van der Waals surface area contributed by atoms with Crippen molar-refractivity contribution in [3.63, 3.8) is 0 Å². The largest absolute Gasteiger partial charge is 0.326 e. The Labute approximate surface area is 113 Å². The van der Waals surface area contributed by atoms with Crippen molar-refractivity contribution in [2.24, 2.45) is 17.6 Å². The molecule has 100 valence electrons. The summed E-state index contributed by atoms with van der Waals surface area (Å²) in [6.07, 6.45) is 1.09. The first-order valence-corrected chi connectivity index (χ1v) is 7.78. The van der Waals surface area contributed by atoms with E-state index in [0.29, 0.717) is 29.0 Å². The SMILES string of the molecule is CC1CC1CNS(=O)(=O)c1ccc(Cl)c(CN)c1. The number of rotatable bonds is 5. The van der Waals surface area contributed by atoms with Gasteiger partial charge in [0.25, 0.3) is 0 Å². The van der Waals surface area contributed by atoms with E-state index in [2.05, 4.69) is 11.6 Å². The van der Waals surface area contributed by atoms with E-state index in [1.165, 1.54) is 12.1 Å². The molecule has 0 amide bonds. The summed E-state index contributed by atoms with van der Waals surface area (Å²) in [6, 6.07) is 4.60.